The highest BCUT2D eigenvalue weighted by Gasteiger charge is 2.22. The molecule has 2 aromatic carbocycles. The summed E-state index contributed by atoms with van der Waals surface area (Å²) in [6.45, 7) is 5.76. The van der Waals surface area contributed by atoms with E-state index in [1.165, 1.54) is 6.42 Å². The second-order valence-corrected chi connectivity index (χ2v) is 8.41. The summed E-state index contributed by atoms with van der Waals surface area (Å²) in [6.07, 6.45) is 3.24. The number of nitrogens with zero attached hydrogens (tertiary/aromatic N) is 2. The fraction of sp³-hybridized carbons (Fsp3) is 0.440. The molecule has 6 nitrogen and oxygen atoms in total. The Hall–Kier alpha value is -2.73. The zero-order valence-corrected chi connectivity index (χ0v) is 19.7. The van der Waals surface area contributed by atoms with Crippen LogP contribution in [0.4, 0.5) is 0 Å². The van der Waals surface area contributed by atoms with Gasteiger partial charge in [-0.15, -0.1) is 0 Å². The molecule has 1 aliphatic rings. The van der Waals surface area contributed by atoms with Crippen LogP contribution in [0.15, 0.2) is 42.5 Å². The van der Waals surface area contributed by atoms with Crippen LogP contribution in [-0.4, -0.2) is 55.0 Å². The fourth-order valence-electron chi connectivity index (χ4n) is 3.77. The third-order valence-electron chi connectivity index (χ3n) is 5.78. The second-order valence-electron chi connectivity index (χ2n) is 7.97. The van der Waals surface area contributed by atoms with Crippen molar-refractivity contribution in [3.8, 4) is 11.5 Å². The van der Waals surface area contributed by atoms with E-state index in [2.05, 4.69) is 0 Å². The van der Waals surface area contributed by atoms with E-state index in [1.54, 1.807) is 30.1 Å². The van der Waals surface area contributed by atoms with Gasteiger partial charge in [-0.25, -0.2) is 0 Å². The number of likely N-dealkylation sites (tertiary alicyclic amines) is 1. The molecule has 172 valence electrons. The largest absolute Gasteiger partial charge is 0.490 e. The molecule has 0 spiro atoms. The standard InChI is InChI=1S/C25H31ClN2O4/c1-4-31-23-16-20(25(30)27(3)18(2)19-9-8-10-21(26)15-19)11-12-22(23)32-17-24(29)28-13-6-5-7-14-28/h8-12,15-16,18H,4-7,13-14,17H2,1-3H3. The molecule has 0 radical (unpaired) electrons. The average molecular weight is 459 g/mol. The predicted molar refractivity (Wildman–Crippen MR) is 125 cm³/mol. The Balaban J connectivity index is 1.71. The normalized spacial score (nSPS) is 14.6. The third kappa shape index (κ3) is 5.94. The minimum Gasteiger partial charge on any atom is -0.490 e. The lowest BCUT2D eigenvalue weighted by Gasteiger charge is -2.27. The van der Waals surface area contributed by atoms with Gasteiger partial charge in [-0.05, 0) is 69.0 Å². The number of piperidine rings is 1. The average Bonchev–Trinajstić information content (AvgIpc) is 2.82. The Bertz CT molecular complexity index is 943. The molecule has 3 rings (SSSR count). The molecule has 1 saturated heterocycles. The van der Waals surface area contributed by atoms with Crippen molar-refractivity contribution in [2.45, 2.75) is 39.2 Å². The number of hydrogen-bond acceptors (Lipinski definition) is 4. The molecule has 2 aromatic rings. The van der Waals surface area contributed by atoms with Gasteiger partial charge in [0, 0.05) is 30.7 Å². The van der Waals surface area contributed by atoms with Gasteiger partial charge in [-0.1, -0.05) is 23.7 Å². The number of halogens is 1. The summed E-state index contributed by atoms with van der Waals surface area (Å²) in [6, 6.07) is 12.4. The number of rotatable bonds is 8. The van der Waals surface area contributed by atoms with Crippen molar-refractivity contribution in [1.29, 1.82) is 0 Å². The maximum atomic E-state index is 13.1. The van der Waals surface area contributed by atoms with Crippen molar-refractivity contribution in [3.63, 3.8) is 0 Å². The highest BCUT2D eigenvalue weighted by atomic mass is 35.5. The predicted octanol–water partition coefficient (Wildman–Crippen LogP) is 4.96. The van der Waals surface area contributed by atoms with Crippen molar-refractivity contribution >= 4 is 23.4 Å². The first-order valence-corrected chi connectivity index (χ1v) is 11.5. The van der Waals surface area contributed by atoms with E-state index in [-0.39, 0.29) is 24.5 Å². The minimum atomic E-state index is -0.158. The number of hydrogen-bond donors (Lipinski definition) is 0. The molecule has 2 amide bonds. The van der Waals surface area contributed by atoms with Gasteiger partial charge in [0.2, 0.25) is 0 Å². The van der Waals surface area contributed by atoms with Gasteiger partial charge >= 0.3 is 0 Å². The summed E-state index contributed by atoms with van der Waals surface area (Å²) in [5.41, 5.74) is 1.44. The Kier molecular flexibility index (Phi) is 8.39. The van der Waals surface area contributed by atoms with Gasteiger partial charge in [-0.3, -0.25) is 9.59 Å². The summed E-state index contributed by atoms with van der Waals surface area (Å²) in [5, 5.41) is 0.634. The van der Waals surface area contributed by atoms with Crippen LogP contribution < -0.4 is 9.47 Å². The zero-order valence-electron chi connectivity index (χ0n) is 19.0. The molecular formula is C25H31ClN2O4. The topological polar surface area (TPSA) is 59.1 Å². The van der Waals surface area contributed by atoms with Crippen LogP contribution in [0.1, 0.15) is 55.1 Å². The van der Waals surface area contributed by atoms with Crippen molar-refractivity contribution < 1.29 is 19.1 Å². The molecule has 0 N–H and O–H groups in total. The highest BCUT2D eigenvalue weighted by Crippen LogP contribution is 2.30. The lowest BCUT2D eigenvalue weighted by molar-refractivity contribution is -0.134. The monoisotopic (exact) mass is 458 g/mol. The van der Waals surface area contributed by atoms with Crippen LogP contribution in [0.5, 0.6) is 11.5 Å². The number of amides is 2. The van der Waals surface area contributed by atoms with Crippen molar-refractivity contribution in [1.82, 2.24) is 9.80 Å². The van der Waals surface area contributed by atoms with Crippen LogP contribution in [0.2, 0.25) is 5.02 Å². The van der Waals surface area contributed by atoms with Crippen molar-refractivity contribution in [3.05, 3.63) is 58.6 Å². The maximum Gasteiger partial charge on any atom is 0.260 e. The first kappa shape index (κ1) is 23.9. The molecule has 7 heteroatoms. The van der Waals surface area contributed by atoms with E-state index in [0.29, 0.717) is 28.7 Å². The van der Waals surface area contributed by atoms with Gasteiger partial charge < -0.3 is 19.3 Å². The quantitative estimate of drug-likeness (QED) is 0.560. The third-order valence-corrected chi connectivity index (χ3v) is 6.02. The Labute approximate surface area is 195 Å². The molecule has 0 aromatic heterocycles. The molecule has 1 fully saturated rings. The van der Waals surface area contributed by atoms with Crippen molar-refractivity contribution in [2.75, 3.05) is 33.4 Å². The van der Waals surface area contributed by atoms with E-state index < -0.39 is 0 Å². The summed E-state index contributed by atoms with van der Waals surface area (Å²) in [7, 11) is 1.76. The van der Waals surface area contributed by atoms with E-state index >= 15 is 0 Å². The Morgan fingerprint density at radius 1 is 1.06 bits per heavy atom. The maximum absolute atomic E-state index is 13.1. The minimum absolute atomic E-state index is 0.0256. The van der Waals surface area contributed by atoms with Gasteiger partial charge in [0.25, 0.3) is 11.8 Å². The van der Waals surface area contributed by atoms with Crippen LogP contribution in [0.3, 0.4) is 0 Å². The van der Waals surface area contributed by atoms with Crippen LogP contribution in [0, 0.1) is 0 Å². The lowest BCUT2D eigenvalue weighted by atomic mass is 10.1. The van der Waals surface area contributed by atoms with Gasteiger partial charge in [0.05, 0.1) is 12.6 Å². The van der Waals surface area contributed by atoms with Crippen LogP contribution in [0.25, 0.3) is 0 Å². The van der Waals surface area contributed by atoms with Gasteiger partial charge in [0.15, 0.2) is 18.1 Å². The van der Waals surface area contributed by atoms with Crippen LogP contribution >= 0.6 is 11.6 Å². The van der Waals surface area contributed by atoms with Crippen molar-refractivity contribution in [2.24, 2.45) is 0 Å². The number of ether oxygens (including phenoxy) is 2. The molecule has 1 heterocycles. The molecule has 1 aliphatic heterocycles. The summed E-state index contributed by atoms with van der Waals surface area (Å²) >= 11 is 6.10. The fourth-order valence-corrected chi connectivity index (χ4v) is 3.97. The van der Waals surface area contributed by atoms with E-state index in [1.807, 2.05) is 43.0 Å². The van der Waals surface area contributed by atoms with Gasteiger partial charge in [-0.2, -0.15) is 0 Å². The lowest BCUT2D eigenvalue weighted by Crippen LogP contribution is -2.38. The number of carbonyl (C=O) groups excluding carboxylic acids is 2. The van der Waals surface area contributed by atoms with E-state index in [4.69, 9.17) is 21.1 Å². The molecular weight excluding hydrogens is 428 g/mol. The zero-order chi connectivity index (χ0) is 23.1. The summed E-state index contributed by atoms with van der Waals surface area (Å²) in [5.74, 6) is 0.740. The molecule has 32 heavy (non-hydrogen) atoms. The van der Waals surface area contributed by atoms with E-state index in [0.717, 1.165) is 31.5 Å². The molecule has 1 atom stereocenters. The molecule has 0 bridgehead atoms. The number of benzene rings is 2. The first-order valence-electron chi connectivity index (χ1n) is 11.1. The molecule has 1 unspecified atom stereocenters. The summed E-state index contributed by atoms with van der Waals surface area (Å²) < 4.78 is 11.5. The molecule has 0 saturated carbocycles. The Morgan fingerprint density at radius 3 is 2.50 bits per heavy atom. The van der Waals surface area contributed by atoms with E-state index in [9.17, 15) is 9.59 Å². The Morgan fingerprint density at radius 2 is 1.81 bits per heavy atom. The second kappa shape index (κ2) is 11.2. The SMILES string of the molecule is CCOc1cc(C(=O)N(C)C(C)c2cccc(Cl)c2)ccc1OCC(=O)N1CCCCC1. The smallest absolute Gasteiger partial charge is 0.260 e. The first-order chi connectivity index (χ1) is 15.4. The van der Waals surface area contributed by atoms with Gasteiger partial charge in [0.1, 0.15) is 0 Å². The summed E-state index contributed by atoms with van der Waals surface area (Å²) in [4.78, 5) is 29.1. The van der Waals surface area contributed by atoms with Crippen LogP contribution in [-0.2, 0) is 4.79 Å². The highest BCUT2D eigenvalue weighted by molar-refractivity contribution is 6.30. The molecule has 0 aliphatic carbocycles. The number of carbonyl (C=O) groups is 2.